The van der Waals surface area contributed by atoms with Gasteiger partial charge in [-0.3, -0.25) is 4.99 Å². The van der Waals surface area contributed by atoms with Crippen LogP contribution in [0, 0.1) is 18.8 Å². The van der Waals surface area contributed by atoms with Crippen molar-refractivity contribution in [3.63, 3.8) is 0 Å². The van der Waals surface area contributed by atoms with E-state index in [1.54, 1.807) is 0 Å². The van der Waals surface area contributed by atoms with Crippen molar-refractivity contribution >= 4 is 22.7 Å². The van der Waals surface area contributed by atoms with Gasteiger partial charge in [0.2, 0.25) is 0 Å². The molecule has 0 bridgehead atoms. The molecule has 2 rings (SSSR count). The number of allylic oxidation sites excluding steroid dienone is 2. The zero-order valence-corrected chi connectivity index (χ0v) is 16.6. The Kier molecular flexibility index (Phi) is 6.41. The molecule has 0 spiro atoms. The molecule has 2 heteroatoms. The second-order valence-corrected chi connectivity index (χ2v) is 7.26. The van der Waals surface area contributed by atoms with Gasteiger partial charge in [-0.1, -0.05) is 47.3 Å². The van der Waals surface area contributed by atoms with Crippen molar-refractivity contribution < 1.29 is 0 Å². The minimum atomic E-state index is 0.378. The Bertz CT molecular complexity index is 803. The maximum Gasteiger partial charge on any atom is 0.0462 e. The molecule has 0 aliphatic carbocycles. The third-order valence-electron chi connectivity index (χ3n) is 4.96. The molecular weight excluding hydrogens is 304 g/mol. The quantitative estimate of drug-likeness (QED) is 0.430. The van der Waals surface area contributed by atoms with E-state index in [0.717, 1.165) is 24.0 Å². The first-order valence-electron chi connectivity index (χ1n) is 9.43. The van der Waals surface area contributed by atoms with Gasteiger partial charge in [0.1, 0.15) is 0 Å². The number of hydrogen-bond acceptors (Lipinski definition) is 1. The molecule has 0 aliphatic heterocycles. The number of aryl methyl sites for hydroxylation is 2. The number of nitrogens with zero attached hydrogens (tertiary/aromatic N) is 1. The summed E-state index contributed by atoms with van der Waals surface area (Å²) in [5, 5.41) is 1.27. The van der Waals surface area contributed by atoms with Gasteiger partial charge in [-0.25, -0.2) is 0 Å². The highest BCUT2D eigenvalue weighted by Crippen LogP contribution is 2.35. The van der Waals surface area contributed by atoms with E-state index in [4.69, 9.17) is 0 Å². The fourth-order valence-electron chi connectivity index (χ4n) is 2.93. The molecule has 0 amide bonds. The van der Waals surface area contributed by atoms with Crippen LogP contribution in [0.1, 0.15) is 57.9 Å². The van der Waals surface area contributed by atoms with Gasteiger partial charge in [0.05, 0.1) is 0 Å². The molecule has 1 heterocycles. The van der Waals surface area contributed by atoms with Gasteiger partial charge in [0.15, 0.2) is 0 Å². The molecular formula is C23H32N2. The van der Waals surface area contributed by atoms with E-state index in [2.05, 4.69) is 76.3 Å². The van der Waals surface area contributed by atoms with E-state index < -0.39 is 0 Å². The summed E-state index contributed by atoms with van der Waals surface area (Å²) in [5.74, 6) is 0.865. The summed E-state index contributed by atoms with van der Waals surface area (Å²) in [4.78, 5) is 8.16. The molecule has 1 aromatic heterocycles. The summed E-state index contributed by atoms with van der Waals surface area (Å²) >= 11 is 0. The molecule has 25 heavy (non-hydrogen) atoms. The molecule has 0 saturated heterocycles. The number of aliphatic imine (C=N–C) groups is 1. The summed E-state index contributed by atoms with van der Waals surface area (Å²) in [5.41, 5.74) is 7.22. The minimum Gasteiger partial charge on any atom is -0.358 e. The second kappa shape index (κ2) is 8.33. The number of rotatable bonds is 7. The van der Waals surface area contributed by atoms with E-state index >= 15 is 0 Å². The first-order chi connectivity index (χ1) is 11.9. The van der Waals surface area contributed by atoms with Crippen LogP contribution in [0.25, 0.3) is 16.5 Å². The summed E-state index contributed by atoms with van der Waals surface area (Å²) in [6.45, 7) is 17.5. The zero-order valence-electron chi connectivity index (χ0n) is 16.6. The zero-order chi connectivity index (χ0) is 18.6. The highest BCUT2D eigenvalue weighted by atomic mass is 14.7. The topological polar surface area (TPSA) is 28.1 Å². The molecule has 0 aliphatic rings. The predicted molar refractivity (Wildman–Crippen MR) is 112 cm³/mol. The highest BCUT2D eigenvalue weighted by molar-refractivity contribution is 5.98. The van der Waals surface area contributed by atoms with Crippen molar-refractivity contribution in [2.75, 3.05) is 0 Å². The van der Waals surface area contributed by atoms with Gasteiger partial charge < -0.3 is 4.98 Å². The standard InChI is InChI=1S/C23H32N2/c1-8-16(5)13-24-14-21(17(6)15(3)4)23-18(7)25-22-11-10-19(9-2)12-20(22)23/h10-16,25H,6,8-9H2,1-5,7H3/b21-14+,24-13?. The highest BCUT2D eigenvalue weighted by Gasteiger charge is 2.17. The van der Waals surface area contributed by atoms with Gasteiger partial charge in [-0.15, -0.1) is 0 Å². The van der Waals surface area contributed by atoms with E-state index in [1.807, 2.05) is 12.4 Å². The van der Waals surface area contributed by atoms with Crippen molar-refractivity contribution in [3.05, 3.63) is 53.4 Å². The number of aromatic amines is 1. The molecule has 1 atom stereocenters. The maximum absolute atomic E-state index is 4.63. The maximum atomic E-state index is 4.63. The number of benzene rings is 1. The van der Waals surface area contributed by atoms with E-state index in [-0.39, 0.29) is 0 Å². The molecule has 2 aromatic rings. The fraction of sp³-hybridized carbons (Fsp3) is 0.435. The van der Waals surface area contributed by atoms with Crippen LogP contribution >= 0.6 is 0 Å². The van der Waals surface area contributed by atoms with Crippen LogP contribution in [-0.2, 0) is 6.42 Å². The van der Waals surface area contributed by atoms with Crippen LogP contribution in [-0.4, -0.2) is 11.2 Å². The van der Waals surface area contributed by atoms with Crippen LogP contribution in [0.15, 0.2) is 41.5 Å². The Morgan fingerprint density at radius 2 is 1.96 bits per heavy atom. The summed E-state index contributed by atoms with van der Waals surface area (Å²) in [6.07, 6.45) is 6.18. The van der Waals surface area contributed by atoms with E-state index in [9.17, 15) is 0 Å². The van der Waals surface area contributed by atoms with E-state index in [0.29, 0.717) is 11.8 Å². The first-order valence-corrected chi connectivity index (χ1v) is 9.43. The number of fused-ring (bicyclic) bond motifs is 1. The van der Waals surface area contributed by atoms with Crippen molar-refractivity contribution in [1.29, 1.82) is 0 Å². The largest absolute Gasteiger partial charge is 0.358 e. The number of H-pyrrole nitrogens is 1. The summed E-state index contributed by atoms with van der Waals surface area (Å²) in [6, 6.07) is 6.68. The Balaban J connectivity index is 2.63. The van der Waals surface area contributed by atoms with E-state index in [1.165, 1.54) is 27.7 Å². The molecule has 0 saturated carbocycles. The Hall–Kier alpha value is -2.09. The monoisotopic (exact) mass is 336 g/mol. The Morgan fingerprint density at radius 1 is 1.24 bits per heavy atom. The van der Waals surface area contributed by atoms with Crippen molar-refractivity contribution in [2.24, 2.45) is 16.8 Å². The van der Waals surface area contributed by atoms with Crippen molar-refractivity contribution in [2.45, 2.75) is 54.4 Å². The summed E-state index contributed by atoms with van der Waals surface area (Å²) in [7, 11) is 0. The first kappa shape index (κ1) is 19.2. The van der Waals surface area contributed by atoms with Gasteiger partial charge in [0, 0.05) is 40.1 Å². The lowest BCUT2D eigenvalue weighted by Gasteiger charge is -2.14. The van der Waals surface area contributed by atoms with Crippen LogP contribution in [0.4, 0.5) is 0 Å². The van der Waals surface area contributed by atoms with Gasteiger partial charge in [-0.05, 0) is 54.9 Å². The van der Waals surface area contributed by atoms with Gasteiger partial charge >= 0.3 is 0 Å². The molecule has 134 valence electrons. The Morgan fingerprint density at radius 3 is 2.56 bits per heavy atom. The average molecular weight is 337 g/mol. The van der Waals surface area contributed by atoms with Crippen LogP contribution in [0.2, 0.25) is 0 Å². The van der Waals surface area contributed by atoms with Crippen LogP contribution < -0.4 is 0 Å². The van der Waals surface area contributed by atoms with Gasteiger partial charge in [-0.2, -0.15) is 0 Å². The van der Waals surface area contributed by atoms with Crippen molar-refractivity contribution in [1.82, 2.24) is 4.98 Å². The van der Waals surface area contributed by atoms with Crippen LogP contribution in [0.3, 0.4) is 0 Å². The number of nitrogens with one attached hydrogen (secondary N) is 1. The van der Waals surface area contributed by atoms with Crippen molar-refractivity contribution in [3.8, 4) is 0 Å². The molecule has 0 fully saturated rings. The SMILES string of the molecule is C=C(/C(=C\N=CC(C)CC)c1c(C)[nH]c2ccc(CC)cc12)C(C)C. The normalized spacial score (nSPS) is 14.0. The molecule has 2 nitrogen and oxygen atoms in total. The molecule has 0 radical (unpaired) electrons. The lowest BCUT2D eigenvalue weighted by Crippen LogP contribution is -1.98. The number of aromatic nitrogens is 1. The van der Waals surface area contributed by atoms with Crippen LogP contribution in [0.5, 0.6) is 0 Å². The lowest BCUT2D eigenvalue weighted by atomic mass is 9.90. The average Bonchev–Trinajstić information content (AvgIpc) is 2.92. The predicted octanol–water partition coefficient (Wildman–Crippen LogP) is 6.71. The minimum absolute atomic E-state index is 0.378. The third kappa shape index (κ3) is 4.31. The molecule has 1 N–H and O–H groups in total. The smallest absolute Gasteiger partial charge is 0.0462 e. The third-order valence-corrected chi connectivity index (χ3v) is 4.96. The second-order valence-electron chi connectivity index (χ2n) is 7.26. The Labute approximate surface area is 152 Å². The summed E-state index contributed by atoms with van der Waals surface area (Å²) < 4.78 is 0. The number of hydrogen-bond donors (Lipinski definition) is 1. The molecule has 1 aromatic carbocycles. The molecule has 1 unspecified atom stereocenters. The van der Waals surface area contributed by atoms with Gasteiger partial charge in [0.25, 0.3) is 0 Å². The fourth-order valence-corrected chi connectivity index (χ4v) is 2.93. The lowest BCUT2D eigenvalue weighted by molar-refractivity contribution is 0.754.